The number of carbonyl (C=O) groups excluding carboxylic acids is 1. The summed E-state index contributed by atoms with van der Waals surface area (Å²) in [4.78, 5) is 17.6. The molecule has 88 valence electrons. The van der Waals surface area contributed by atoms with Crippen LogP contribution in [0.1, 0.15) is 17.3 Å². The molecule has 5 heteroatoms. The summed E-state index contributed by atoms with van der Waals surface area (Å²) >= 11 is 7.47. The first-order valence-corrected chi connectivity index (χ1v) is 6.71. The highest BCUT2D eigenvalue weighted by Crippen LogP contribution is 2.12. The van der Waals surface area contributed by atoms with Crippen LogP contribution in [0.4, 0.5) is 0 Å². The lowest BCUT2D eigenvalue weighted by Crippen LogP contribution is -2.36. The van der Waals surface area contributed by atoms with E-state index in [1.165, 1.54) is 0 Å². The van der Waals surface area contributed by atoms with Gasteiger partial charge < -0.3 is 4.90 Å². The third kappa shape index (κ3) is 3.39. The van der Waals surface area contributed by atoms with Crippen LogP contribution in [0.25, 0.3) is 0 Å². The molecule has 0 aromatic carbocycles. The standard InChI is InChI=1S/C11H15ClN2OS/c1-8(7-16-3)14(2)11(15)9-4-5-13-10(12)6-9/h4-6,8H,7H2,1-3H3. The second-order valence-corrected chi connectivity index (χ2v) is 4.89. The molecule has 1 atom stereocenters. The Bertz CT molecular complexity index is 373. The second kappa shape index (κ2) is 6.11. The fourth-order valence-electron chi connectivity index (χ4n) is 1.29. The fraction of sp³-hybridized carbons (Fsp3) is 0.455. The summed E-state index contributed by atoms with van der Waals surface area (Å²) in [5.74, 6) is 0.895. The van der Waals surface area contributed by atoms with Gasteiger partial charge in [0.15, 0.2) is 0 Å². The highest BCUT2D eigenvalue weighted by atomic mass is 35.5. The van der Waals surface area contributed by atoms with Gasteiger partial charge in [0, 0.05) is 30.6 Å². The molecule has 16 heavy (non-hydrogen) atoms. The molecule has 0 fully saturated rings. The smallest absolute Gasteiger partial charge is 0.254 e. The van der Waals surface area contributed by atoms with E-state index in [0.717, 1.165) is 5.75 Å². The molecule has 0 aliphatic carbocycles. The first-order chi connectivity index (χ1) is 7.56. The number of halogens is 1. The number of nitrogens with zero attached hydrogens (tertiary/aromatic N) is 2. The molecular formula is C11H15ClN2OS. The van der Waals surface area contributed by atoms with Crippen LogP contribution in [0.15, 0.2) is 18.3 Å². The Morgan fingerprint density at radius 2 is 2.38 bits per heavy atom. The topological polar surface area (TPSA) is 33.2 Å². The van der Waals surface area contributed by atoms with Gasteiger partial charge in [-0.15, -0.1) is 0 Å². The van der Waals surface area contributed by atoms with Crippen LogP contribution < -0.4 is 0 Å². The Labute approximate surface area is 105 Å². The fourth-order valence-corrected chi connectivity index (χ4v) is 2.17. The number of thioether (sulfide) groups is 1. The first-order valence-electron chi connectivity index (χ1n) is 4.94. The van der Waals surface area contributed by atoms with E-state index in [1.807, 2.05) is 13.2 Å². The maximum absolute atomic E-state index is 12.0. The van der Waals surface area contributed by atoms with Crippen LogP contribution in [-0.4, -0.2) is 40.9 Å². The number of carbonyl (C=O) groups is 1. The summed E-state index contributed by atoms with van der Waals surface area (Å²) in [5, 5.41) is 0.344. The third-order valence-corrected chi connectivity index (χ3v) is 3.39. The van der Waals surface area contributed by atoms with Gasteiger partial charge >= 0.3 is 0 Å². The lowest BCUT2D eigenvalue weighted by Gasteiger charge is -2.24. The molecular weight excluding hydrogens is 244 g/mol. The maximum Gasteiger partial charge on any atom is 0.254 e. The summed E-state index contributed by atoms with van der Waals surface area (Å²) in [7, 11) is 1.80. The van der Waals surface area contributed by atoms with Gasteiger partial charge in [0.1, 0.15) is 5.15 Å². The summed E-state index contributed by atoms with van der Waals surface area (Å²) < 4.78 is 0. The summed E-state index contributed by atoms with van der Waals surface area (Å²) in [6, 6.07) is 3.47. The van der Waals surface area contributed by atoms with Crippen molar-refractivity contribution in [1.82, 2.24) is 9.88 Å². The Balaban J connectivity index is 2.77. The van der Waals surface area contributed by atoms with Gasteiger partial charge in [0.05, 0.1) is 0 Å². The minimum Gasteiger partial charge on any atom is -0.338 e. The van der Waals surface area contributed by atoms with Crippen molar-refractivity contribution in [3.05, 3.63) is 29.0 Å². The van der Waals surface area contributed by atoms with E-state index < -0.39 is 0 Å². The number of aromatic nitrogens is 1. The Hall–Kier alpha value is -0.740. The zero-order valence-electron chi connectivity index (χ0n) is 9.61. The van der Waals surface area contributed by atoms with Crippen LogP contribution in [0, 0.1) is 0 Å². The van der Waals surface area contributed by atoms with E-state index in [9.17, 15) is 4.79 Å². The highest BCUT2D eigenvalue weighted by Gasteiger charge is 2.17. The minimum absolute atomic E-state index is 0.0224. The Kier molecular flexibility index (Phi) is 5.09. The van der Waals surface area contributed by atoms with Crippen molar-refractivity contribution < 1.29 is 4.79 Å². The van der Waals surface area contributed by atoms with E-state index >= 15 is 0 Å². The van der Waals surface area contributed by atoms with Crippen molar-refractivity contribution in [3.63, 3.8) is 0 Å². The molecule has 3 nitrogen and oxygen atoms in total. The van der Waals surface area contributed by atoms with Crippen LogP contribution in [0.2, 0.25) is 5.15 Å². The van der Waals surface area contributed by atoms with Crippen molar-refractivity contribution >= 4 is 29.3 Å². The summed E-state index contributed by atoms with van der Waals surface area (Å²) in [5.41, 5.74) is 0.579. The maximum atomic E-state index is 12.0. The molecule has 0 aliphatic rings. The predicted molar refractivity (Wildman–Crippen MR) is 69.2 cm³/mol. The molecule has 0 aliphatic heterocycles. The number of amides is 1. The van der Waals surface area contributed by atoms with E-state index in [1.54, 1.807) is 42.0 Å². The predicted octanol–water partition coefficient (Wildman–Crippen LogP) is 2.56. The summed E-state index contributed by atoms with van der Waals surface area (Å²) in [6.07, 6.45) is 3.57. The largest absolute Gasteiger partial charge is 0.338 e. The van der Waals surface area contributed by atoms with Gasteiger partial charge in [-0.3, -0.25) is 4.79 Å². The van der Waals surface area contributed by atoms with Crippen LogP contribution in [0.5, 0.6) is 0 Å². The lowest BCUT2D eigenvalue weighted by atomic mass is 10.2. The van der Waals surface area contributed by atoms with Gasteiger partial charge in [0.2, 0.25) is 0 Å². The second-order valence-electron chi connectivity index (χ2n) is 3.59. The van der Waals surface area contributed by atoms with Gasteiger partial charge in [-0.1, -0.05) is 11.6 Å². The molecule has 0 saturated heterocycles. The minimum atomic E-state index is -0.0224. The molecule has 1 aromatic heterocycles. The van der Waals surface area contributed by atoms with Gasteiger partial charge in [-0.2, -0.15) is 11.8 Å². The van der Waals surface area contributed by atoms with Gasteiger partial charge in [-0.05, 0) is 25.3 Å². The van der Waals surface area contributed by atoms with Crippen LogP contribution in [-0.2, 0) is 0 Å². The molecule has 0 N–H and O–H groups in total. The van der Waals surface area contributed by atoms with Gasteiger partial charge in [-0.25, -0.2) is 4.98 Å². The molecule has 0 radical (unpaired) electrons. The average molecular weight is 259 g/mol. The lowest BCUT2D eigenvalue weighted by molar-refractivity contribution is 0.0757. The SMILES string of the molecule is CSCC(C)N(C)C(=O)c1ccnc(Cl)c1. The molecule has 0 saturated carbocycles. The van der Waals surface area contributed by atoms with Crippen molar-refractivity contribution in [2.24, 2.45) is 0 Å². The van der Waals surface area contributed by atoms with Crippen molar-refractivity contribution in [3.8, 4) is 0 Å². The molecule has 0 bridgehead atoms. The quantitative estimate of drug-likeness (QED) is 0.779. The van der Waals surface area contributed by atoms with Crippen molar-refractivity contribution in [1.29, 1.82) is 0 Å². The molecule has 1 amide bonds. The average Bonchev–Trinajstić information content (AvgIpc) is 2.27. The molecule has 1 heterocycles. The Morgan fingerprint density at radius 3 is 2.94 bits per heavy atom. The number of hydrogen-bond acceptors (Lipinski definition) is 3. The van der Waals surface area contributed by atoms with Crippen molar-refractivity contribution in [2.45, 2.75) is 13.0 Å². The molecule has 0 spiro atoms. The third-order valence-electron chi connectivity index (χ3n) is 2.36. The van der Waals surface area contributed by atoms with E-state index in [2.05, 4.69) is 4.98 Å². The summed E-state index contributed by atoms with van der Waals surface area (Å²) in [6.45, 7) is 2.02. The molecule has 1 unspecified atom stereocenters. The monoisotopic (exact) mass is 258 g/mol. The number of rotatable bonds is 4. The van der Waals surface area contributed by atoms with E-state index in [4.69, 9.17) is 11.6 Å². The molecule has 1 rings (SSSR count). The van der Waals surface area contributed by atoms with Crippen LogP contribution in [0.3, 0.4) is 0 Å². The highest BCUT2D eigenvalue weighted by molar-refractivity contribution is 7.98. The van der Waals surface area contributed by atoms with E-state index in [-0.39, 0.29) is 11.9 Å². The van der Waals surface area contributed by atoms with Gasteiger partial charge in [0.25, 0.3) is 5.91 Å². The number of hydrogen-bond donors (Lipinski definition) is 0. The molecule has 1 aromatic rings. The zero-order chi connectivity index (χ0) is 12.1. The Morgan fingerprint density at radius 1 is 1.69 bits per heavy atom. The van der Waals surface area contributed by atoms with E-state index in [0.29, 0.717) is 10.7 Å². The normalized spacial score (nSPS) is 12.2. The van der Waals surface area contributed by atoms with Crippen LogP contribution >= 0.6 is 23.4 Å². The zero-order valence-corrected chi connectivity index (χ0v) is 11.2. The van der Waals surface area contributed by atoms with Crippen molar-refractivity contribution in [2.75, 3.05) is 19.1 Å². The number of pyridine rings is 1. The first kappa shape index (κ1) is 13.3.